The standard InChI is InChI=1S/C17H14N2O3/c20-16-11-5-3-6-12(15(11)17(21)19-16)18-14-9-8-10-4-1-2-7-13(10)22-14/h1-7,14,18H,8-9H2,(H,19,20,21). The molecule has 1 atom stereocenters. The molecule has 2 aliphatic heterocycles. The van der Waals surface area contributed by atoms with Crippen LogP contribution in [0.5, 0.6) is 5.75 Å². The number of aryl methyl sites for hydroxylation is 1. The maximum Gasteiger partial charge on any atom is 0.261 e. The van der Waals surface area contributed by atoms with Crippen molar-refractivity contribution in [3.63, 3.8) is 0 Å². The Morgan fingerprint density at radius 3 is 2.82 bits per heavy atom. The Morgan fingerprint density at radius 1 is 1.05 bits per heavy atom. The molecule has 0 aromatic heterocycles. The lowest BCUT2D eigenvalue weighted by molar-refractivity contribution is 0.0880. The van der Waals surface area contributed by atoms with Crippen molar-refractivity contribution in [1.82, 2.24) is 5.32 Å². The molecule has 0 saturated heterocycles. The number of carbonyl (C=O) groups excluding carboxylic acids is 2. The lowest BCUT2D eigenvalue weighted by Crippen LogP contribution is -2.31. The maximum atomic E-state index is 11.9. The minimum absolute atomic E-state index is 0.218. The Balaban J connectivity index is 1.61. The third-order valence-corrected chi connectivity index (χ3v) is 4.00. The summed E-state index contributed by atoms with van der Waals surface area (Å²) in [5.74, 6) is 0.150. The van der Waals surface area contributed by atoms with E-state index in [0.717, 1.165) is 18.6 Å². The van der Waals surface area contributed by atoms with E-state index in [0.29, 0.717) is 16.8 Å². The number of hydrogen-bond donors (Lipinski definition) is 2. The van der Waals surface area contributed by atoms with Crippen molar-refractivity contribution < 1.29 is 14.3 Å². The van der Waals surface area contributed by atoms with Crippen LogP contribution in [0.15, 0.2) is 42.5 Å². The monoisotopic (exact) mass is 294 g/mol. The molecule has 4 rings (SSSR count). The first-order chi connectivity index (χ1) is 10.7. The Bertz CT molecular complexity index is 785. The summed E-state index contributed by atoms with van der Waals surface area (Å²) in [6.07, 6.45) is 1.49. The summed E-state index contributed by atoms with van der Waals surface area (Å²) in [7, 11) is 0. The van der Waals surface area contributed by atoms with E-state index in [9.17, 15) is 9.59 Å². The highest BCUT2D eigenvalue weighted by Crippen LogP contribution is 2.30. The van der Waals surface area contributed by atoms with Crippen LogP contribution in [0.2, 0.25) is 0 Å². The smallest absolute Gasteiger partial charge is 0.261 e. The van der Waals surface area contributed by atoms with Gasteiger partial charge in [-0.15, -0.1) is 0 Å². The third-order valence-electron chi connectivity index (χ3n) is 4.00. The molecule has 2 aliphatic rings. The average Bonchev–Trinajstić information content (AvgIpc) is 2.83. The van der Waals surface area contributed by atoms with Gasteiger partial charge in [0.25, 0.3) is 11.8 Å². The normalized spacial score (nSPS) is 19.0. The van der Waals surface area contributed by atoms with Gasteiger partial charge in [0.15, 0.2) is 6.23 Å². The van der Waals surface area contributed by atoms with Gasteiger partial charge in [-0.1, -0.05) is 24.3 Å². The highest BCUT2D eigenvalue weighted by molar-refractivity contribution is 6.23. The number of para-hydroxylation sites is 1. The fraction of sp³-hybridized carbons (Fsp3) is 0.176. The topological polar surface area (TPSA) is 67.4 Å². The first kappa shape index (κ1) is 12.9. The van der Waals surface area contributed by atoms with Crippen molar-refractivity contribution in [2.45, 2.75) is 19.1 Å². The minimum Gasteiger partial charge on any atom is -0.470 e. The van der Waals surface area contributed by atoms with Crippen LogP contribution in [0.1, 0.15) is 32.7 Å². The van der Waals surface area contributed by atoms with Crippen LogP contribution in [-0.4, -0.2) is 18.0 Å². The van der Waals surface area contributed by atoms with Crippen molar-refractivity contribution in [3.05, 3.63) is 59.2 Å². The molecular weight excluding hydrogens is 280 g/mol. The second-order valence-electron chi connectivity index (χ2n) is 5.41. The zero-order valence-electron chi connectivity index (χ0n) is 11.8. The lowest BCUT2D eigenvalue weighted by atomic mass is 10.0. The Labute approximate surface area is 127 Å². The number of carbonyl (C=O) groups is 2. The molecule has 110 valence electrons. The largest absolute Gasteiger partial charge is 0.470 e. The lowest BCUT2D eigenvalue weighted by Gasteiger charge is -2.27. The molecule has 0 aliphatic carbocycles. The second-order valence-corrected chi connectivity index (χ2v) is 5.41. The molecule has 1 unspecified atom stereocenters. The summed E-state index contributed by atoms with van der Waals surface area (Å²) in [5.41, 5.74) is 2.62. The molecule has 2 amide bonds. The van der Waals surface area contributed by atoms with Crippen LogP contribution in [0.25, 0.3) is 0 Å². The molecule has 2 aromatic carbocycles. The van der Waals surface area contributed by atoms with Gasteiger partial charge in [0.05, 0.1) is 16.8 Å². The summed E-state index contributed by atoms with van der Waals surface area (Å²) < 4.78 is 5.93. The van der Waals surface area contributed by atoms with Crippen LogP contribution < -0.4 is 15.4 Å². The van der Waals surface area contributed by atoms with Gasteiger partial charge in [-0.2, -0.15) is 0 Å². The number of ether oxygens (including phenoxy) is 1. The van der Waals surface area contributed by atoms with Gasteiger partial charge >= 0.3 is 0 Å². The zero-order valence-corrected chi connectivity index (χ0v) is 11.8. The summed E-state index contributed by atoms with van der Waals surface area (Å²) >= 11 is 0. The molecule has 2 aromatic rings. The first-order valence-corrected chi connectivity index (χ1v) is 7.22. The van der Waals surface area contributed by atoms with E-state index >= 15 is 0 Å². The Morgan fingerprint density at radius 2 is 1.91 bits per heavy atom. The molecule has 0 radical (unpaired) electrons. The predicted octanol–water partition coefficient (Wildman–Crippen LogP) is 2.33. The second kappa shape index (κ2) is 4.87. The molecule has 0 saturated carbocycles. The average molecular weight is 294 g/mol. The zero-order chi connectivity index (χ0) is 15.1. The SMILES string of the molecule is O=C1NC(=O)c2c(NC3CCc4ccccc4O3)cccc21. The Kier molecular flexibility index (Phi) is 2.85. The van der Waals surface area contributed by atoms with E-state index in [1.54, 1.807) is 18.2 Å². The van der Waals surface area contributed by atoms with Crippen molar-refractivity contribution >= 4 is 17.5 Å². The van der Waals surface area contributed by atoms with E-state index in [2.05, 4.69) is 16.7 Å². The molecule has 22 heavy (non-hydrogen) atoms. The third kappa shape index (κ3) is 2.02. The van der Waals surface area contributed by atoms with Gasteiger partial charge in [0.2, 0.25) is 0 Å². The summed E-state index contributed by atoms with van der Waals surface area (Å²) in [5, 5.41) is 5.55. The quantitative estimate of drug-likeness (QED) is 0.834. The highest BCUT2D eigenvalue weighted by atomic mass is 16.5. The van der Waals surface area contributed by atoms with Crippen LogP contribution >= 0.6 is 0 Å². The van der Waals surface area contributed by atoms with Gasteiger partial charge in [-0.25, -0.2) is 0 Å². The maximum absolute atomic E-state index is 11.9. The number of nitrogens with one attached hydrogen (secondary N) is 2. The molecule has 5 heteroatoms. The van der Waals surface area contributed by atoms with Crippen molar-refractivity contribution in [2.75, 3.05) is 5.32 Å². The van der Waals surface area contributed by atoms with Gasteiger partial charge in [0.1, 0.15) is 5.75 Å². The van der Waals surface area contributed by atoms with Gasteiger partial charge in [0, 0.05) is 6.42 Å². The molecule has 2 N–H and O–H groups in total. The van der Waals surface area contributed by atoms with Crippen LogP contribution in [0.3, 0.4) is 0 Å². The fourth-order valence-electron chi connectivity index (χ4n) is 2.94. The summed E-state index contributed by atoms with van der Waals surface area (Å²) in [4.78, 5) is 23.6. The van der Waals surface area contributed by atoms with Gasteiger partial charge < -0.3 is 10.1 Å². The number of amides is 2. The van der Waals surface area contributed by atoms with E-state index in [4.69, 9.17) is 4.74 Å². The number of imide groups is 1. The molecule has 0 fully saturated rings. The van der Waals surface area contributed by atoms with E-state index in [1.807, 2.05) is 18.2 Å². The van der Waals surface area contributed by atoms with Crippen molar-refractivity contribution in [1.29, 1.82) is 0 Å². The molecule has 0 spiro atoms. The van der Waals surface area contributed by atoms with Crippen molar-refractivity contribution in [3.8, 4) is 5.75 Å². The minimum atomic E-state index is -0.362. The molecular formula is C17H14N2O3. The van der Waals surface area contributed by atoms with Crippen LogP contribution in [0, 0.1) is 0 Å². The van der Waals surface area contributed by atoms with E-state index < -0.39 is 0 Å². The van der Waals surface area contributed by atoms with Crippen LogP contribution in [-0.2, 0) is 6.42 Å². The van der Waals surface area contributed by atoms with Gasteiger partial charge in [-0.05, 0) is 30.2 Å². The summed E-state index contributed by atoms with van der Waals surface area (Å²) in [6.45, 7) is 0. The van der Waals surface area contributed by atoms with E-state index in [-0.39, 0.29) is 18.0 Å². The van der Waals surface area contributed by atoms with E-state index in [1.165, 1.54) is 5.56 Å². The highest BCUT2D eigenvalue weighted by Gasteiger charge is 2.30. The number of fused-ring (bicyclic) bond motifs is 2. The van der Waals surface area contributed by atoms with Crippen LogP contribution in [0.4, 0.5) is 5.69 Å². The Hall–Kier alpha value is -2.82. The summed E-state index contributed by atoms with van der Waals surface area (Å²) in [6, 6.07) is 13.1. The number of hydrogen-bond acceptors (Lipinski definition) is 4. The first-order valence-electron chi connectivity index (χ1n) is 7.22. The van der Waals surface area contributed by atoms with Gasteiger partial charge in [-0.3, -0.25) is 14.9 Å². The predicted molar refractivity (Wildman–Crippen MR) is 81.0 cm³/mol. The number of benzene rings is 2. The number of rotatable bonds is 2. The van der Waals surface area contributed by atoms with Crippen molar-refractivity contribution in [2.24, 2.45) is 0 Å². The number of anilines is 1. The molecule has 5 nitrogen and oxygen atoms in total. The molecule has 0 bridgehead atoms. The molecule has 2 heterocycles. The fourth-order valence-corrected chi connectivity index (χ4v) is 2.94.